The number of carbonyl (C=O) groups is 5. The van der Waals surface area contributed by atoms with Gasteiger partial charge < -0.3 is 26.0 Å². The number of carboxylic acids is 1. The molecule has 1 aromatic heterocycles. The van der Waals surface area contributed by atoms with Crippen LogP contribution in [0.3, 0.4) is 0 Å². The maximum atomic E-state index is 13.8. The van der Waals surface area contributed by atoms with E-state index in [-0.39, 0.29) is 30.6 Å². The molecule has 12 nitrogen and oxygen atoms in total. The molecule has 1 saturated heterocycles. The fourth-order valence-corrected chi connectivity index (χ4v) is 5.80. The number of likely N-dealkylation sites (tertiary alicyclic amines) is 1. The third-order valence-electron chi connectivity index (χ3n) is 8.17. The van der Waals surface area contributed by atoms with Gasteiger partial charge in [-0.2, -0.15) is 0 Å². The number of carboxylic acid groups (broad SMARTS) is 1. The number of hydrogen-bond acceptors (Lipinski definition) is 7. The number of rotatable bonds is 9. The van der Waals surface area contributed by atoms with Crippen molar-refractivity contribution in [1.82, 2.24) is 30.8 Å². The molecule has 1 unspecified atom stereocenters. The molecule has 2 heterocycles. The van der Waals surface area contributed by atoms with Crippen molar-refractivity contribution < 1.29 is 29.1 Å². The van der Waals surface area contributed by atoms with Gasteiger partial charge in [0.05, 0.1) is 18.2 Å². The number of aromatic nitrogens is 2. The highest BCUT2D eigenvalue weighted by atomic mass is 16.4. The minimum absolute atomic E-state index is 0.0140. The molecule has 1 saturated carbocycles. The van der Waals surface area contributed by atoms with Crippen LogP contribution in [-0.2, 0) is 14.4 Å². The van der Waals surface area contributed by atoms with Gasteiger partial charge in [0.15, 0.2) is 0 Å². The van der Waals surface area contributed by atoms with E-state index in [1.807, 2.05) is 0 Å². The number of nitrogens with zero attached hydrogens (tertiary/aromatic N) is 3. The van der Waals surface area contributed by atoms with Gasteiger partial charge in [-0.05, 0) is 36.3 Å². The van der Waals surface area contributed by atoms with Crippen molar-refractivity contribution in [3.05, 3.63) is 60.2 Å². The molecule has 0 spiro atoms. The van der Waals surface area contributed by atoms with Crippen LogP contribution in [0.4, 0.5) is 0 Å². The summed E-state index contributed by atoms with van der Waals surface area (Å²) in [4.78, 5) is 75.0. The third kappa shape index (κ3) is 7.94. The predicted octanol–water partition coefficient (Wildman–Crippen LogP) is 2.03. The minimum Gasteiger partial charge on any atom is -0.481 e. The summed E-state index contributed by atoms with van der Waals surface area (Å²) in [6, 6.07) is 5.74. The Hall–Kier alpha value is -4.35. The predicted molar refractivity (Wildman–Crippen MR) is 157 cm³/mol. The van der Waals surface area contributed by atoms with Crippen molar-refractivity contribution in [2.45, 2.75) is 71.0 Å². The van der Waals surface area contributed by atoms with Gasteiger partial charge in [-0.25, -0.2) is 4.98 Å². The lowest BCUT2D eigenvalue weighted by atomic mass is 9.82. The first-order valence-corrected chi connectivity index (χ1v) is 14.7. The maximum absolute atomic E-state index is 13.8. The lowest BCUT2D eigenvalue weighted by Gasteiger charge is -2.35. The van der Waals surface area contributed by atoms with Crippen LogP contribution in [0.15, 0.2) is 48.9 Å². The Balaban J connectivity index is 1.50. The Morgan fingerprint density at radius 2 is 1.63 bits per heavy atom. The summed E-state index contributed by atoms with van der Waals surface area (Å²) in [5.74, 6) is -4.19. The highest BCUT2D eigenvalue weighted by Gasteiger charge is 2.44. The Morgan fingerprint density at radius 3 is 2.23 bits per heavy atom. The van der Waals surface area contributed by atoms with Crippen LogP contribution in [0.5, 0.6) is 0 Å². The fraction of sp³-hybridized carbons (Fsp3) is 0.516. The molecule has 1 aliphatic carbocycles. The second kappa shape index (κ2) is 13.7. The molecule has 4 atom stereocenters. The van der Waals surface area contributed by atoms with Gasteiger partial charge in [0.1, 0.15) is 17.8 Å². The molecule has 230 valence electrons. The summed E-state index contributed by atoms with van der Waals surface area (Å²) in [5.41, 5.74) is -0.254. The number of aliphatic carboxylic acids is 1. The summed E-state index contributed by atoms with van der Waals surface area (Å²) in [6.07, 6.45) is 8.56. The topological polar surface area (TPSA) is 171 Å². The van der Waals surface area contributed by atoms with Crippen molar-refractivity contribution >= 4 is 29.6 Å². The Labute approximate surface area is 251 Å². The first-order valence-electron chi connectivity index (χ1n) is 14.7. The first-order chi connectivity index (χ1) is 20.5. The number of benzene rings is 1. The minimum atomic E-state index is -1.13. The molecule has 0 radical (unpaired) electrons. The molecule has 2 aliphatic rings. The van der Waals surface area contributed by atoms with Crippen molar-refractivity contribution in [3.63, 3.8) is 0 Å². The average molecular weight is 593 g/mol. The molecule has 43 heavy (non-hydrogen) atoms. The van der Waals surface area contributed by atoms with E-state index in [0.717, 1.165) is 32.1 Å². The van der Waals surface area contributed by atoms with E-state index in [1.54, 1.807) is 51.1 Å². The molecular formula is C31H40N6O6. The smallest absolute Gasteiger partial charge is 0.310 e. The standard InChI is InChI=1S/C31H40N6O6/c1-31(2,3)25(28(40)34-23-18-37(17-21(23)30(42)43)29(41)20-12-8-5-9-13-20)36-27(39)24(19-10-6-4-7-11-19)35-26(38)22-16-32-14-15-33-22/h5,8-9,12-16,19,21,23-25H,4,6-7,10-11,17-18H2,1-3H3,(H,34,40)(H,35,38)(H,36,39)(H,42,43)/t21-,23+,24+,25?/m1/s1. The van der Waals surface area contributed by atoms with Gasteiger partial charge in [0.25, 0.3) is 11.8 Å². The van der Waals surface area contributed by atoms with Crippen LogP contribution < -0.4 is 16.0 Å². The maximum Gasteiger partial charge on any atom is 0.310 e. The zero-order valence-electron chi connectivity index (χ0n) is 24.8. The number of nitrogens with one attached hydrogen (secondary N) is 3. The van der Waals surface area contributed by atoms with Crippen molar-refractivity contribution in [3.8, 4) is 0 Å². The summed E-state index contributed by atoms with van der Waals surface area (Å²) in [6.45, 7) is 5.33. The van der Waals surface area contributed by atoms with E-state index < -0.39 is 53.1 Å². The van der Waals surface area contributed by atoms with Crippen LogP contribution in [0.25, 0.3) is 0 Å². The van der Waals surface area contributed by atoms with Gasteiger partial charge in [-0.1, -0.05) is 58.2 Å². The van der Waals surface area contributed by atoms with E-state index in [4.69, 9.17) is 0 Å². The van der Waals surface area contributed by atoms with Crippen molar-refractivity contribution in [2.24, 2.45) is 17.3 Å². The molecule has 2 fully saturated rings. The molecule has 4 rings (SSSR count). The van der Waals surface area contributed by atoms with Gasteiger partial charge in [0.2, 0.25) is 11.8 Å². The molecule has 1 aromatic carbocycles. The second-order valence-corrected chi connectivity index (χ2v) is 12.4. The molecule has 4 N–H and O–H groups in total. The lowest BCUT2D eigenvalue weighted by molar-refractivity contribution is -0.142. The highest BCUT2D eigenvalue weighted by Crippen LogP contribution is 2.28. The van der Waals surface area contributed by atoms with Crippen LogP contribution in [-0.4, -0.2) is 80.8 Å². The molecule has 2 aromatic rings. The number of amides is 4. The fourth-order valence-electron chi connectivity index (χ4n) is 5.80. The Kier molecular flexibility index (Phi) is 10.1. The van der Waals surface area contributed by atoms with E-state index >= 15 is 0 Å². The van der Waals surface area contributed by atoms with E-state index in [1.165, 1.54) is 23.5 Å². The summed E-state index contributed by atoms with van der Waals surface area (Å²) in [7, 11) is 0. The average Bonchev–Trinajstić information content (AvgIpc) is 3.42. The van der Waals surface area contributed by atoms with Gasteiger partial charge >= 0.3 is 5.97 Å². The zero-order chi connectivity index (χ0) is 31.1. The van der Waals surface area contributed by atoms with E-state index in [0.29, 0.717) is 5.56 Å². The molecular weight excluding hydrogens is 552 g/mol. The second-order valence-electron chi connectivity index (χ2n) is 12.4. The SMILES string of the molecule is CC(C)(C)C(NC(=O)[C@@H](NC(=O)c1cnccn1)C1CCCCC1)C(=O)N[C@H]1CN(C(=O)c2ccccc2)C[C@H]1C(=O)O. The number of carbonyl (C=O) groups excluding carboxylic acids is 4. The van der Waals surface area contributed by atoms with E-state index in [9.17, 15) is 29.1 Å². The van der Waals surface area contributed by atoms with Gasteiger partial charge in [-0.3, -0.25) is 29.0 Å². The first kappa shape index (κ1) is 31.6. The molecule has 0 bridgehead atoms. The highest BCUT2D eigenvalue weighted by molar-refractivity contribution is 5.98. The van der Waals surface area contributed by atoms with Crippen LogP contribution in [0, 0.1) is 17.3 Å². The van der Waals surface area contributed by atoms with E-state index in [2.05, 4.69) is 25.9 Å². The van der Waals surface area contributed by atoms with Crippen LogP contribution in [0.1, 0.15) is 73.7 Å². The molecule has 4 amide bonds. The number of hydrogen-bond donors (Lipinski definition) is 4. The van der Waals surface area contributed by atoms with Crippen molar-refractivity contribution in [2.75, 3.05) is 13.1 Å². The van der Waals surface area contributed by atoms with Crippen LogP contribution in [0.2, 0.25) is 0 Å². The van der Waals surface area contributed by atoms with Gasteiger partial charge in [0, 0.05) is 31.0 Å². The lowest BCUT2D eigenvalue weighted by Crippen LogP contribution is -2.61. The Morgan fingerprint density at radius 1 is 0.930 bits per heavy atom. The summed E-state index contributed by atoms with van der Waals surface area (Å²) < 4.78 is 0. The quantitative estimate of drug-likeness (QED) is 0.343. The van der Waals surface area contributed by atoms with Gasteiger partial charge in [-0.15, -0.1) is 0 Å². The van der Waals surface area contributed by atoms with Crippen molar-refractivity contribution in [1.29, 1.82) is 0 Å². The normalized spacial score (nSPS) is 20.5. The summed E-state index contributed by atoms with van der Waals surface area (Å²) in [5, 5.41) is 18.4. The monoisotopic (exact) mass is 592 g/mol. The molecule has 1 aliphatic heterocycles. The van der Waals surface area contributed by atoms with Crippen LogP contribution >= 0.6 is 0 Å². The third-order valence-corrected chi connectivity index (χ3v) is 8.17. The summed E-state index contributed by atoms with van der Waals surface area (Å²) >= 11 is 0. The largest absolute Gasteiger partial charge is 0.481 e. The molecule has 12 heteroatoms. The Bertz CT molecular complexity index is 1310. The zero-order valence-corrected chi connectivity index (χ0v) is 24.8.